The fourth-order valence-electron chi connectivity index (χ4n) is 2.54. The molecule has 0 bridgehead atoms. The van der Waals surface area contributed by atoms with Crippen LogP contribution in [0.3, 0.4) is 0 Å². The first kappa shape index (κ1) is 20.7. The van der Waals surface area contributed by atoms with Crippen LogP contribution in [0.25, 0.3) is 6.08 Å². The van der Waals surface area contributed by atoms with Gasteiger partial charge in [-0.25, -0.2) is 0 Å². The predicted octanol–water partition coefficient (Wildman–Crippen LogP) is 4.71. The van der Waals surface area contributed by atoms with Crippen LogP contribution in [0.5, 0.6) is 5.75 Å². The van der Waals surface area contributed by atoms with E-state index in [4.69, 9.17) is 17.3 Å². The third-order valence-corrected chi connectivity index (χ3v) is 5.61. The van der Waals surface area contributed by atoms with E-state index in [0.717, 1.165) is 27.8 Å². The summed E-state index contributed by atoms with van der Waals surface area (Å²) in [5.41, 5.74) is 3.83. The number of carbonyl (C=O) groups is 2. The average Bonchev–Trinajstić information content (AvgIpc) is 2.92. The van der Waals surface area contributed by atoms with Crippen LogP contribution in [-0.2, 0) is 9.59 Å². The largest absolute Gasteiger partial charge is 0.507 e. The standard InChI is InChI=1S/C20H17N3O4S2/c1-11-3-4-14(7-12(11)2)21-22-15-5-6-16(24)13(8-15)9-17-19(27)23(10-18(25)26)20(28)29-17/h3-9,24H,10H2,1-2H3,(H,25,26)/b17-9-,22-21?. The smallest absolute Gasteiger partial charge is 0.323 e. The summed E-state index contributed by atoms with van der Waals surface area (Å²) >= 11 is 6.06. The van der Waals surface area contributed by atoms with E-state index in [1.807, 2.05) is 32.0 Å². The molecule has 1 amide bonds. The molecule has 0 saturated carbocycles. The topological polar surface area (TPSA) is 103 Å². The highest BCUT2D eigenvalue weighted by Crippen LogP contribution is 2.35. The minimum Gasteiger partial charge on any atom is -0.507 e. The monoisotopic (exact) mass is 427 g/mol. The molecule has 9 heteroatoms. The van der Waals surface area contributed by atoms with Gasteiger partial charge >= 0.3 is 5.97 Å². The van der Waals surface area contributed by atoms with Crippen LogP contribution in [0.2, 0.25) is 0 Å². The average molecular weight is 428 g/mol. The lowest BCUT2D eigenvalue weighted by Gasteiger charge is -2.10. The fraction of sp³-hybridized carbons (Fsp3) is 0.150. The molecule has 1 aliphatic rings. The highest BCUT2D eigenvalue weighted by Gasteiger charge is 2.33. The molecule has 0 aliphatic carbocycles. The van der Waals surface area contributed by atoms with Crippen LogP contribution in [0, 0.1) is 13.8 Å². The molecule has 2 N–H and O–H groups in total. The first-order valence-electron chi connectivity index (χ1n) is 8.54. The van der Waals surface area contributed by atoms with Gasteiger partial charge in [-0.1, -0.05) is 30.0 Å². The number of aromatic hydroxyl groups is 1. The van der Waals surface area contributed by atoms with E-state index >= 15 is 0 Å². The van der Waals surface area contributed by atoms with E-state index in [1.54, 1.807) is 12.1 Å². The van der Waals surface area contributed by atoms with Crippen molar-refractivity contribution in [2.45, 2.75) is 13.8 Å². The van der Waals surface area contributed by atoms with Gasteiger partial charge in [-0.2, -0.15) is 10.2 Å². The fourth-order valence-corrected chi connectivity index (χ4v) is 3.78. The van der Waals surface area contributed by atoms with Gasteiger partial charge in [0.15, 0.2) is 0 Å². The maximum atomic E-state index is 12.4. The third kappa shape index (κ3) is 4.87. The number of hydrogen-bond donors (Lipinski definition) is 2. The van der Waals surface area contributed by atoms with Gasteiger partial charge in [0.25, 0.3) is 5.91 Å². The zero-order valence-electron chi connectivity index (χ0n) is 15.6. The lowest BCUT2D eigenvalue weighted by Crippen LogP contribution is -2.33. The summed E-state index contributed by atoms with van der Waals surface area (Å²) in [6, 6.07) is 10.4. The Bertz CT molecular complexity index is 1080. The minimum atomic E-state index is -1.15. The summed E-state index contributed by atoms with van der Waals surface area (Å²) < 4.78 is 0.161. The predicted molar refractivity (Wildman–Crippen MR) is 116 cm³/mol. The molecule has 0 spiro atoms. The number of carbonyl (C=O) groups excluding carboxylic acids is 1. The highest BCUT2D eigenvalue weighted by molar-refractivity contribution is 8.26. The number of thioether (sulfide) groups is 1. The van der Waals surface area contributed by atoms with Gasteiger partial charge in [0.1, 0.15) is 16.6 Å². The van der Waals surface area contributed by atoms with Crippen molar-refractivity contribution < 1.29 is 19.8 Å². The van der Waals surface area contributed by atoms with Crippen LogP contribution in [-0.4, -0.2) is 37.9 Å². The maximum Gasteiger partial charge on any atom is 0.323 e. The Labute approximate surface area is 176 Å². The number of phenolic OH excluding ortho intramolecular Hbond substituents is 1. The lowest BCUT2D eigenvalue weighted by atomic mass is 10.1. The maximum absolute atomic E-state index is 12.4. The van der Waals surface area contributed by atoms with E-state index in [-0.39, 0.29) is 15.0 Å². The number of hydrogen-bond acceptors (Lipinski definition) is 7. The van der Waals surface area contributed by atoms with Crippen LogP contribution in [0.1, 0.15) is 16.7 Å². The molecule has 1 fully saturated rings. The molecule has 148 valence electrons. The van der Waals surface area contributed by atoms with Crippen molar-refractivity contribution in [2.24, 2.45) is 10.2 Å². The zero-order valence-corrected chi connectivity index (χ0v) is 17.3. The second kappa shape index (κ2) is 8.54. The quantitative estimate of drug-likeness (QED) is 0.407. The molecule has 29 heavy (non-hydrogen) atoms. The number of carboxylic acids is 1. The third-order valence-electron chi connectivity index (χ3n) is 4.24. The van der Waals surface area contributed by atoms with Crippen LogP contribution >= 0.6 is 24.0 Å². The number of thiocarbonyl (C=S) groups is 1. The molecule has 0 radical (unpaired) electrons. The molecule has 0 unspecified atom stereocenters. The van der Waals surface area contributed by atoms with E-state index in [1.165, 1.54) is 12.1 Å². The summed E-state index contributed by atoms with van der Waals surface area (Å²) in [7, 11) is 0. The van der Waals surface area contributed by atoms with E-state index < -0.39 is 18.4 Å². The van der Waals surface area contributed by atoms with E-state index in [0.29, 0.717) is 16.9 Å². The first-order valence-corrected chi connectivity index (χ1v) is 9.76. The molecule has 1 saturated heterocycles. The van der Waals surface area contributed by atoms with Crippen molar-refractivity contribution in [3.8, 4) is 5.75 Å². The highest BCUT2D eigenvalue weighted by atomic mass is 32.2. The van der Waals surface area contributed by atoms with E-state index in [2.05, 4.69) is 10.2 Å². The molecule has 1 aliphatic heterocycles. The van der Waals surface area contributed by atoms with Crippen LogP contribution in [0.15, 0.2) is 51.5 Å². The normalized spacial score (nSPS) is 15.7. The van der Waals surface area contributed by atoms with Crippen molar-refractivity contribution in [1.82, 2.24) is 4.90 Å². The van der Waals surface area contributed by atoms with Crippen molar-refractivity contribution in [2.75, 3.05) is 6.54 Å². The summed E-state index contributed by atoms with van der Waals surface area (Å²) in [5.74, 6) is -1.71. The van der Waals surface area contributed by atoms with E-state index in [9.17, 15) is 14.7 Å². The van der Waals surface area contributed by atoms with Crippen LogP contribution < -0.4 is 0 Å². The van der Waals surface area contributed by atoms with Gasteiger partial charge in [-0.3, -0.25) is 14.5 Å². The van der Waals surface area contributed by atoms with Crippen LogP contribution in [0.4, 0.5) is 11.4 Å². The Morgan fingerprint density at radius 3 is 2.45 bits per heavy atom. The molecule has 0 aromatic heterocycles. The van der Waals surface area contributed by atoms with Crippen molar-refractivity contribution in [1.29, 1.82) is 0 Å². The Morgan fingerprint density at radius 2 is 1.79 bits per heavy atom. The first-order chi connectivity index (χ1) is 13.7. The molecule has 7 nitrogen and oxygen atoms in total. The Hall–Kier alpha value is -3.04. The molecule has 2 aromatic rings. The van der Waals surface area contributed by atoms with Gasteiger partial charge in [0.2, 0.25) is 0 Å². The Morgan fingerprint density at radius 1 is 1.14 bits per heavy atom. The number of benzene rings is 2. The molecule has 1 heterocycles. The number of phenols is 1. The number of aryl methyl sites for hydroxylation is 2. The van der Waals surface area contributed by atoms with Crippen molar-refractivity contribution in [3.05, 3.63) is 58.0 Å². The summed E-state index contributed by atoms with van der Waals surface area (Å²) in [6.45, 7) is 3.51. The van der Waals surface area contributed by atoms with Crippen molar-refractivity contribution in [3.63, 3.8) is 0 Å². The molecule has 3 rings (SSSR count). The molecule has 0 atom stereocenters. The number of aliphatic carboxylic acids is 1. The number of azo groups is 1. The second-order valence-electron chi connectivity index (χ2n) is 6.37. The Kier molecular flexibility index (Phi) is 6.09. The zero-order chi connectivity index (χ0) is 21.1. The molecule has 2 aromatic carbocycles. The number of carboxylic acid groups (broad SMARTS) is 1. The molecular formula is C20H17N3O4S2. The van der Waals surface area contributed by atoms with Gasteiger partial charge in [0.05, 0.1) is 16.3 Å². The number of rotatable bonds is 5. The lowest BCUT2D eigenvalue weighted by molar-refractivity contribution is -0.140. The minimum absolute atomic E-state index is 0.0429. The summed E-state index contributed by atoms with van der Waals surface area (Å²) in [4.78, 5) is 24.5. The summed E-state index contributed by atoms with van der Waals surface area (Å²) in [5, 5.41) is 27.4. The second-order valence-corrected chi connectivity index (χ2v) is 8.05. The number of nitrogens with zero attached hydrogens (tertiary/aromatic N) is 3. The SMILES string of the molecule is Cc1ccc(N=Nc2ccc(O)c(/C=C3\SC(=S)N(CC(=O)O)C3=O)c2)cc1C. The van der Waals surface area contributed by atoms with Crippen molar-refractivity contribution >= 4 is 57.6 Å². The van der Waals surface area contributed by atoms with Gasteiger partial charge in [-0.15, -0.1) is 0 Å². The summed E-state index contributed by atoms with van der Waals surface area (Å²) in [6.07, 6.45) is 1.46. The molecular weight excluding hydrogens is 410 g/mol. The van der Waals surface area contributed by atoms with Gasteiger partial charge < -0.3 is 10.2 Å². The number of amides is 1. The van der Waals surface area contributed by atoms with Gasteiger partial charge in [0, 0.05) is 5.56 Å². The van der Waals surface area contributed by atoms with Gasteiger partial charge in [-0.05, 0) is 61.4 Å². The Balaban J connectivity index is 1.86.